The number of hydrogen-bond acceptors (Lipinski definition) is 1. The highest BCUT2D eigenvalue weighted by atomic mass is 31.2. The summed E-state index contributed by atoms with van der Waals surface area (Å²) in [6.07, 6.45) is -83.1. The monoisotopic (exact) mass is 1270 g/mol. The summed E-state index contributed by atoms with van der Waals surface area (Å²) >= 11 is 0. The first-order valence-electron chi connectivity index (χ1n) is 19.6. The van der Waals surface area contributed by atoms with E-state index >= 15 is 4.57 Å². The second-order valence-electron chi connectivity index (χ2n) is 16.8. The molecule has 3 aromatic rings. The van der Waals surface area contributed by atoms with Crippen molar-refractivity contribution in [3.8, 4) is 0 Å². The van der Waals surface area contributed by atoms with Crippen LogP contribution in [-0.2, 0) is 23.8 Å². The molecule has 3 aromatic carbocycles. The molecule has 0 bridgehead atoms. The van der Waals surface area contributed by atoms with E-state index < -0.39 is 203 Å². The molecule has 0 amide bonds. The van der Waals surface area contributed by atoms with Crippen LogP contribution in [0, 0.1) is 16.2 Å². The van der Waals surface area contributed by atoms with Crippen LogP contribution in [-0.4, -0.2) is 91.1 Å². The van der Waals surface area contributed by atoms with Crippen LogP contribution in [0.1, 0.15) is 16.7 Å². The third kappa shape index (κ3) is 10.2. The normalized spacial score (nSPS) is 15.9. The van der Waals surface area contributed by atoms with Crippen molar-refractivity contribution < 1.29 is 176 Å². The van der Waals surface area contributed by atoms with Crippen LogP contribution < -0.4 is 15.9 Å². The highest BCUT2D eigenvalue weighted by molar-refractivity contribution is 7.85. The number of hydrogen-bond donors (Lipinski definition) is 0. The van der Waals surface area contributed by atoms with E-state index in [1.165, 1.54) is 0 Å². The molecule has 3 rings (SSSR count). The molecule has 0 aliphatic rings. The van der Waals surface area contributed by atoms with Crippen molar-refractivity contribution in [2.75, 3.05) is 0 Å². The lowest BCUT2D eigenvalue weighted by molar-refractivity contribution is -0.460. The van der Waals surface area contributed by atoms with Crippen molar-refractivity contribution in [3.05, 3.63) is 89.5 Å². The van der Waals surface area contributed by atoms with E-state index in [2.05, 4.69) is 0 Å². The molecule has 80 heavy (non-hydrogen) atoms. The summed E-state index contributed by atoms with van der Waals surface area (Å²) in [5.41, 5.74) is -29.2. The van der Waals surface area contributed by atoms with Gasteiger partial charge in [-0.2, -0.15) is 171 Å². The minimum absolute atomic E-state index is 0.314. The van der Waals surface area contributed by atoms with Gasteiger partial charge in [0.05, 0.1) is 0 Å². The van der Waals surface area contributed by atoms with Crippen LogP contribution >= 0.6 is 7.14 Å². The molecule has 1 nitrogen and oxygen atoms in total. The van der Waals surface area contributed by atoms with Gasteiger partial charge in [0.25, 0.3) is 0 Å². The Bertz CT molecular complexity index is 2350. The Morgan fingerprint density at radius 3 is 0.463 bits per heavy atom. The predicted molar refractivity (Wildman–Crippen MR) is 188 cm³/mol. The average Bonchev–Trinajstić information content (AvgIpc) is 3.22. The standard InChI is InChI=1S/C39H18F39OP/c40-25(41,28(46,47)37(70,71)72)22(31(52,53)54,32(55,56)57)13-16-1-7-19(8-2-16)80(79,20-9-3-17(4-10-20)14-23(33(58,59)60,34(61,62)63)26(42,43)29(48,49)38(73,74)75)21-11-5-18(6-12-21)15-24(35(64,65)66,36(67,68)69)27(44,45)30(50,51)39(76,77)78/h1-12H,13-15H2. The van der Waals surface area contributed by atoms with Gasteiger partial charge in [0.1, 0.15) is 0 Å². The summed E-state index contributed by atoms with van der Waals surface area (Å²) in [5.74, 6) is -50.0. The molecule has 0 unspecified atom stereocenters. The summed E-state index contributed by atoms with van der Waals surface area (Å²) in [4.78, 5) is 0. The van der Waals surface area contributed by atoms with Crippen LogP contribution in [0.5, 0.6) is 0 Å². The van der Waals surface area contributed by atoms with Gasteiger partial charge in [0, 0.05) is 35.2 Å². The molecule has 0 atom stereocenters. The number of halogens is 39. The minimum Gasteiger partial charge on any atom is -0.309 e. The van der Waals surface area contributed by atoms with Crippen molar-refractivity contribution in [2.24, 2.45) is 16.2 Å². The molecule has 0 aromatic heterocycles. The fraction of sp³-hybridized carbons (Fsp3) is 0.538. The van der Waals surface area contributed by atoms with E-state index in [0.29, 0.717) is 0 Å². The zero-order chi connectivity index (χ0) is 63.6. The number of benzene rings is 3. The quantitative estimate of drug-likeness (QED) is 0.109. The molecule has 0 N–H and O–H groups in total. The largest absolute Gasteiger partial charge is 0.459 e. The van der Waals surface area contributed by atoms with Gasteiger partial charge in [-0.3, -0.25) is 0 Å². The molecular formula is C39H18F39OP. The van der Waals surface area contributed by atoms with Crippen molar-refractivity contribution in [2.45, 2.75) is 110 Å². The molecule has 0 aliphatic heterocycles. The summed E-state index contributed by atoms with van der Waals surface area (Å²) in [6.45, 7) is 0. The second-order valence-corrected chi connectivity index (χ2v) is 19.5. The smallest absolute Gasteiger partial charge is 0.309 e. The third-order valence-corrected chi connectivity index (χ3v) is 15.1. The summed E-state index contributed by atoms with van der Waals surface area (Å²) < 4.78 is 559. The minimum atomic E-state index is -8.36. The fourth-order valence-electron chi connectivity index (χ4n) is 7.66. The molecule has 41 heteroatoms. The molecular weight excluding hydrogens is 1260 g/mol. The van der Waals surface area contributed by atoms with E-state index in [0.717, 1.165) is 0 Å². The Hall–Kier alpha value is -4.84. The third-order valence-electron chi connectivity index (χ3n) is 12.1. The fourth-order valence-corrected chi connectivity index (χ4v) is 10.3. The zero-order valence-electron chi connectivity index (χ0n) is 36.6. The number of alkyl halides is 39. The highest BCUT2D eigenvalue weighted by Crippen LogP contribution is 2.70. The van der Waals surface area contributed by atoms with Crippen molar-refractivity contribution in [3.63, 3.8) is 0 Å². The zero-order valence-corrected chi connectivity index (χ0v) is 37.5. The summed E-state index contributed by atoms with van der Waals surface area (Å²) in [7, 11) is -6.01. The van der Waals surface area contributed by atoms with Gasteiger partial charge in [-0.05, 0) is 16.7 Å². The van der Waals surface area contributed by atoms with Gasteiger partial charge in [-0.1, -0.05) is 72.8 Å². The van der Waals surface area contributed by atoms with Gasteiger partial charge >= 0.3 is 91.1 Å². The van der Waals surface area contributed by atoms with Crippen LogP contribution in [0.3, 0.4) is 0 Å². The lowest BCUT2D eigenvalue weighted by Crippen LogP contribution is -2.71. The van der Waals surface area contributed by atoms with Gasteiger partial charge in [0.15, 0.2) is 7.14 Å². The first-order valence-corrected chi connectivity index (χ1v) is 21.3. The Morgan fingerprint density at radius 2 is 0.350 bits per heavy atom. The lowest BCUT2D eigenvalue weighted by atomic mass is 9.71. The topological polar surface area (TPSA) is 17.1 Å². The maximum atomic E-state index is 15.1. The Labute approximate surface area is 415 Å². The van der Waals surface area contributed by atoms with Gasteiger partial charge in [0.2, 0.25) is 16.2 Å². The molecule has 0 saturated heterocycles. The average molecular weight is 1270 g/mol. The Kier molecular flexibility index (Phi) is 17.0. The van der Waals surface area contributed by atoms with Crippen LogP contribution in [0.15, 0.2) is 72.8 Å². The molecule has 0 radical (unpaired) electrons. The maximum absolute atomic E-state index is 15.1. The van der Waals surface area contributed by atoms with E-state index in [1.54, 1.807) is 0 Å². The second kappa shape index (κ2) is 19.6. The first kappa shape index (κ1) is 69.4. The molecule has 0 spiro atoms. The molecule has 0 aliphatic carbocycles. The van der Waals surface area contributed by atoms with E-state index in [-0.39, 0.29) is 36.4 Å². The maximum Gasteiger partial charge on any atom is 0.459 e. The molecule has 0 heterocycles. The van der Waals surface area contributed by atoms with E-state index in [9.17, 15) is 171 Å². The summed E-state index contributed by atoms with van der Waals surface area (Å²) in [5, 5.41) is -4.77. The Balaban J connectivity index is 2.55. The SMILES string of the molecule is O=P(c1ccc(CC(C(F)(F)F)(C(F)(F)F)C(F)(F)C(F)(F)C(F)(F)F)cc1)(c1ccc(CC(C(F)(F)F)(C(F)(F)F)C(F)(F)C(F)(F)C(F)(F)F)cc1)c1ccc(CC(C(F)(F)F)(C(F)(F)F)C(F)(F)C(F)(F)C(F)(F)F)cc1. The first-order chi connectivity index (χ1) is 34.8. The van der Waals surface area contributed by atoms with Crippen molar-refractivity contribution in [1.29, 1.82) is 0 Å². The van der Waals surface area contributed by atoms with E-state index in [4.69, 9.17) is 0 Å². The summed E-state index contributed by atoms with van der Waals surface area (Å²) in [6, 6.07) is -4.93. The molecule has 458 valence electrons. The van der Waals surface area contributed by atoms with Gasteiger partial charge in [-0.15, -0.1) is 0 Å². The van der Waals surface area contributed by atoms with Crippen LogP contribution in [0.4, 0.5) is 171 Å². The predicted octanol–water partition coefficient (Wildman–Crippen LogP) is 16.8. The van der Waals surface area contributed by atoms with Crippen molar-refractivity contribution >= 4 is 23.1 Å². The van der Waals surface area contributed by atoms with Gasteiger partial charge in [-0.25, -0.2) is 0 Å². The lowest BCUT2D eigenvalue weighted by Gasteiger charge is -2.45. The molecule has 0 fully saturated rings. The Morgan fingerprint density at radius 1 is 0.212 bits per heavy atom. The van der Waals surface area contributed by atoms with E-state index in [1.807, 2.05) is 0 Å². The van der Waals surface area contributed by atoms with Crippen molar-refractivity contribution in [1.82, 2.24) is 0 Å². The van der Waals surface area contributed by atoms with Crippen LogP contribution in [0.25, 0.3) is 0 Å². The van der Waals surface area contributed by atoms with Gasteiger partial charge < -0.3 is 4.57 Å². The highest BCUT2D eigenvalue weighted by Gasteiger charge is 2.94. The number of rotatable bonds is 15. The van der Waals surface area contributed by atoms with Crippen LogP contribution in [0.2, 0.25) is 0 Å². The molecule has 0 saturated carbocycles.